The van der Waals surface area contributed by atoms with Crippen molar-refractivity contribution < 1.29 is 14.3 Å². The van der Waals surface area contributed by atoms with E-state index in [1.54, 1.807) is 6.92 Å². The SMILES string of the molecule is CCOCC(=O)NNC(=O)c1ccc(Cl)cc1Cl. The van der Waals surface area contributed by atoms with Gasteiger partial charge in [0.05, 0.1) is 10.6 Å². The zero-order chi connectivity index (χ0) is 13.5. The first-order valence-corrected chi connectivity index (χ1v) is 5.92. The highest BCUT2D eigenvalue weighted by Crippen LogP contribution is 2.20. The lowest BCUT2D eigenvalue weighted by Crippen LogP contribution is -2.43. The number of hydrogen-bond acceptors (Lipinski definition) is 3. The third-order valence-electron chi connectivity index (χ3n) is 1.93. The Morgan fingerprint density at radius 2 is 2.00 bits per heavy atom. The van der Waals surface area contributed by atoms with E-state index in [4.69, 9.17) is 27.9 Å². The fourth-order valence-electron chi connectivity index (χ4n) is 1.10. The van der Waals surface area contributed by atoms with Crippen molar-refractivity contribution in [3.63, 3.8) is 0 Å². The maximum Gasteiger partial charge on any atom is 0.271 e. The molecule has 7 heteroatoms. The molecule has 0 aromatic heterocycles. The first kappa shape index (κ1) is 14.8. The molecule has 0 bridgehead atoms. The van der Waals surface area contributed by atoms with E-state index in [2.05, 4.69) is 10.9 Å². The van der Waals surface area contributed by atoms with Crippen LogP contribution in [-0.4, -0.2) is 25.0 Å². The van der Waals surface area contributed by atoms with Gasteiger partial charge in [-0.2, -0.15) is 0 Å². The average molecular weight is 291 g/mol. The predicted molar refractivity (Wildman–Crippen MR) is 68.6 cm³/mol. The highest BCUT2D eigenvalue weighted by molar-refractivity contribution is 6.36. The van der Waals surface area contributed by atoms with Gasteiger partial charge in [-0.25, -0.2) is 0 Å². The molecule has 5 nitrogen and oxygen atoms in total. The molecular formula is C11H12Cl2N2O3. The summed E-state index contributed by atoms with van der Waals surface area (Å²) in [4.78, 5) is 22.8. The van der Waals surface area contributed by atoms with Gasteiger partial charge in [0.15, 0.2) is 0 Å². The minimum absolute atomic E-state index is 0.120. The lowest BCUT2D eigenvalue weighted by molar-refractivity contribution is -0.126. The van der Waals surface area contributed by atoms with Crippen LogP contribution < -0.4 is 10.9 Å². The van der Waals surface area contributed by atoms with Gasteiger partial charge < -0.3 is 4.74 Å². The third kappa shape index (κ3) is 4.52. The smallest absolute Gasteiger partial charge is 0.271 e. The molecule has 0 radical (unpaired) electrons. The van der Waals surface area contributed by atoms with Crippen LogP contribution in [0.2, 0.25) is 10.0 Å². The number of hydrazine groups is 1. The summed E-state index contributed by atoms with van der Waals surface area (Å²) in [5.74, 6) is -0.975. The fourth-order valence-corrected chi connectivity index (χ4v) is 1.59. The Balaban J connectivity index is 2.53. The van der Waals surface area contributed by atoms with Crippen LogP contribution in [0.25, 0.3) is 0 Å². The van der Waals surface area contributed by atoms with E-state index in [1.165, 1.54) is 18.2 Å². The van der Waals surface area contributed by atoms with Crippen molar-refractivity contribution in [1.29, 1.82) is 0 Å². The molecule has 0 unspecified atom stereocenters. The Hall–Kier alpha value is -1.30. The molecule has 0 saturated heterocycles. The second-order valence-electron chi connectivity index (χ2n) is 3.26. The molecule has 98 valence electrons. The van der Waals surface area contributed by atoms with E-state index >= 15 is 0 Å². The van der Waals surface area contributed by atoms with Crippen LogP contribution in [0.15, 0.2) is 18.2 Å². The van der Waals surface area contributed by atoms with E-state index in [1.807, 2.05) is 0 Å². The van der Waals surface area contributed by atoms with Crippen LogP contribution in [0.4, 0.5) is 0 Å². The monoisotopic (exact) mass is 290 g/mol. The first-order valence-electron chi connectivity index (χ1n) is 5.16. The van der Waals surface area contributed by atoms with Gasteiger partial charge in [0.2, 0.25) is 0 Å². The Labute approximate surface area is 114 Å². The van der Waals surface area contributed by atoms with Crippen LogP contribution in [0, 0.1) is 0 Å². The number of carbonyl (C=O) groups is 2. The van der Waals surface area contributed by atoms with Crippen LogP contribution in [-0.2, 0) is 9.53 Å². The predicted octanol–water partition coefficient (Wildman–Crippen LogP) is 1.79. The van der Waals surface area contributed by atoms with Crippen LogP contribution in [0.3, 0.4) is 0 Å². The summed E-state index contributed by atoms with van der Waals surface area (Å²) in [6.07, 6.45) is 0. The first-order chi connectivity index (χ1) is 8.54. The largest absolute Gasteiger partial charge is 0.372 e. The topological polar surface area (TPSA) is 67.4 Å². The number of hydrogen-bond donors (Lipinski definition) is 2. The minimum Gasteiger partial charge on any atom is -0.372 e. The molecule has 0 saturated carbocycles. The summed E-state index contributed by atoms with van der Waals surface area (Å²) < 4.78 is 4.87. The molecule has 2 amide bonds. The summed E-state index contributed by atoms with van der Waals surface area (Å²) in [6.45, 7) is 2.06. The van der Waals surface area contributed by atoms with E-state index in [-0.39, 0.29) is 17.2 Å². The normalized spacial score (nSPS) is 9.94. The van der Waals surface area contributed by atoms with Crippen LogP contribution >= 0.6 is 23.2 Å². The van der Waals surface area contributed by atoms with Crippen molar-refractivity contribution in [3.8, 4) is 0 Å². The summed E-state index contributed by atoms with van der Waals surface area (Å²) in [6, 6.07) is 4.44. The number of amides is 2. The van der Waals surface area contributed by atoms with Crippen LogP contribution in [0.5, 0.6) is 0 Å². The zero-order valence-electron chi connectivity index (χ0n) is 9.63. The molecule has 0 spiro atoms. The summed E-state index contributed by atoms with van der Waals surface area (Å²) >= 11 is 11.5. The zero-order valence-corrected chi connectivity index (χ0v) is 11.1. The lowest BCUT2D eigenvalue weighted by Gasteiger charge is -2.08. The number of ether oxygens (including phenoxy) is 1. The molecule has 0 heterocycles. The number of nitrogens with one attached hydrogen (secondary N) is 2. The Kier molecular flexibility index (Phi) is 5.91. The second kappa shape index (κ2) is 7.20. The minimum atomic E-state index is -0.526. The van der Waals surface area contributed by atoms with Gasteiger partial charge in [-0.05, 0) is 25.1 Å². The number of benzene rings is 1. The number of rotatable bonds is 4. The van der Waals surface area contributed by atoms with Crippen molar-refractivity contribution in [3.05, 3.63) is 33.8 Å². The summed E-state index contributed by atoms with van der Waals surface area (Å²) in [5, 5.41) is 0.635. The molecule has 1 aromatic carbocycles. The van der Waals surface area contributed by atoms with E-state index in [0.29, 0.717) is 11.6 Å². The molecule has 18 heavy (non-hydrogen) atoms. The molecular weight excluding hydrogens is 279 g/mol. The van der Waals surface area contributed by atoms with E-state index in [0.717, 1.165) is 0 Å². The third-order valence-corrected chi connectivity index (χ3v) is 2.48. The maximum absolute atomic E-state index is 11.7. The molecule has 0 aliphatic rings. The lowest BCUT2D eigenvalue weighted by atomic mass is 10.2. The standard InChI is InChI=1S/C11H12Cl2N2O3/c1-2-18-6-10(16)14-15-11(17)8-4-3-7(12)5-9(8)13/h3-5H,2,6H2,1H3,(H,14,16)(H,15,17). The van der Waals surface area contributed by atoms with Gasteiger partial charge in [-0.3, -0.25) is 20.4 Å². The van der Waals surface area contributed by atoms with Crippen molar-refractivity contribution >= 4 is 35.0 Å². The van der Waals surface area contributed by atoms with E-state index < -0.39 is 11.8 Å². The molecule has 1 aromatic rings. The average Bonchev–Trinajstić information content (AvgIpc) is 2.33. The van der Waals surface area contributed by atoms with Crippen molar-refractivity contribution in [1.82, 2.24) is 10.9 Å². The van der Waals surface area contributed by atoms with Gasteiger partial charge in [0.1, 0.15) is 6.61 Å². The van der Waals surface area contributed by atoms with Crippen LogP contribution in [0.1, 0.15) is 17.3 Å². The van der Waals surface area contributed by atoms with Crippen molar-refractivity contribution in [2.45, 2.75) is 6.92 Å². The Morgan fingerprint density at radius 1 is 1.28 bits per heavy atom. The Bertz CT molecular complexity index is 452. The van der Waals surface area contributed by atoms with Gasteiger partial charge in [-0.1, -0.05) is 23.2 Å². The molecule has 0 fully saturated rings. The summed E-state index contributed by atoms with van der Waals surface area (Å²) in [5.41, 5.74) is 4.64. The molecule has 0 aliphatic heterocycles. The van der Waals surface area contributed by atoms with Gasteiger partial charge in [0, 0.05) is 11.6 Å². The number of carbonyl (C=O) groups excluding carboxylic acids is 2. The maximum atomic E-state index is 11.7. The van der Waals surface area contributed by atoms with Crippen molar-refractivity contribution in [2.24, 2.45) is 0 Å². The molecule has 0 aliphatic carbocycles. The summed E-state index contributed by atoms with van der Waals surface area (Å²) in [7, 11) is 0. The molecule has 0 atom stereocenters. The van der Waals surface area contributed by atoms with E-state index in [9.17, 15) is 9.59 Å². The van der Waals surface area contributed by atoms with Gasteiger partial charge in [0.25, 0.3) is 11.8 Å². The number of halogens is 2. The second-order valence-corrected chi connectivity index (χ2v) is 4.11. The van der Waals surface area contributed by atoms with Gasteiger partial charge in [-0.15, -0.1) is 0 Å². The highest BCUT2D eigenvalue weighted by atomic mass is 35.5. The highest BCUT2D eigenvalue weighted by Gasteiger charge is 2.11. The van der Waals surface area contributed by atoms with Gasteiger partial charge >= 0.3 is 0 Å². The molecule has 1 rings (SSSR count). The van der Waals surface area contributed by atoms with Crippen molar-refractivity contribution in [2.75, 3.05) is 13.2 Å². The quantitative estimate of drug-likeness (QED) is 0.831. The Morgan fingerprint density at radius 3 is 2.61 bits per heavy atom. The molecule has 2 N–H and O–H groups in total. The fraction of sp³-hybridized carbons (Fsp3) is 0.273.